The van der Waals surface area contributed by atoms with Crippen LogP contribution in [0.25, 0.3) is 21.7 Å². The molecule has 2 N–H and O–H groups in total. The maximum Gasteiger partial charge on any atom is 0.261 e. The maximum absolute atomic E-state index is 13.2. The summed E-state index contributed by atoms with van der Waals surface area (Å²) in [6, 6.07) is 16.8. The van der Waals surface area contributed by atoms with Crippen molar-refractivity contribution in [3.05, 3.63) is 60.2 Å². The van der Waals surface area contributed by atoms with Crippen molar-refractivity contribution in [2.24, 2.45) is 0 Å². The summed E-state index contributed by atoms with van der Waals surface area (Å²) in [4.78, 5) is 13.2. The summed E-state index contributed by atoms with van der Waals surface area (Å²) in [6.07, 6.45) is 0.328. The van der Waals surface area contributed by atoms with Crippen LogP contribution in [0.4, 0.5) is 10.2 Å². The lowest BCUT2D eigenvalue weighted by Gasteiger charge is -2.13. The van der Waals surface area contributed by atoms with Crippen molar-refractivity contribution < 1.29 is 18.7 Å². The molecule has 1 aromatic heterocycles. The molecule has 0 aliphatic rings. The zero-order valence-electron chi connectivity index (χ0n) is 16.6. The zero-order valence-corrected chi connectivity index (χ0v) is 16.6. The van der Waals surface area contributed by atoms with Crippen LogP contribution in [0.3, 0.4) is 0 Å². The molecule has 4 rings (SSSR count). The lowest BCUT2D eigenvalue weighted by Crippen LogP contribution is -2.15. The topological polar surface area (TPSA) is 76.2 Å². The van der Waals surface area contributed by atoms with E-state index in [0.717, 1.165) is 16.3 Å². The van der Waals surface area contributed by atoms with E-state index in [0.29, 0.717) is 41.3 Å². The van der Waals surface area contributed by atoms with Gasteiger partial charge in [-0.15, -0.1) is 0 Å². The maximum atomic E-state index is 13.2. The second-order valence-corrected chi connectivity index (χ2v) is 6.72. The molecule has 30 heavy (non-hydrogen) atoms. The van der Waals surface area contributed by atoms with Crippen LogP contribution in [0.2, 0.25) is 0 Å². The molecule has 0 aliphatic heterocycles. The number of nitrogens with zero attached hydrogens (tertiary/aromatic N) is 1. The highest BCUT2D eigenvalue weighted by Gasteiger charge is 2.19. The number of carbonyl (C=O) groups excluding carboxylic acids is 1. The number of hydrogen-bond donors (Lipinski definition) is 2. The predicted molar refractivity (Wildman–Crippen MR) is 115 cm³/mol. The molecule has 0 fully saturated rings. The SMILES string of the molecule is CCOc1ccc2ccccc2c1C(=O)Nc1n[nH]c2ccc(OCCCF)cc12. The molecule has 3 aromatic carbocycles. The number of rotatable bonds is 8. The van der Waals surface area contributed by atoms with E-state index >= 15 is 0 Å². The molecule has 1 amide bonds. The van der Waals surface area contributed by atoms with E-state index in [2.05, 4.69) is 15.5 Å². The molecule has 6 nitrogen and oxygen atoms in total. The van der Waals surface area contributed by atoms with Gasteiger partial charge in [0.2, 0.25) is 0 Å². The molecule has 0 saturated heterocycles. The van der Waals surface area contributed by atoms with Crippen molar-refractivity contribution in [1.29, 1.82) is 0 Å². The molecule has 4 aromatic rings. The van der Waals surface area contributed by atoms with Crippen molar-refractivity contribution in [2.75, 3.05) is 25.2 Å². The van der Waals surface area contributed by atoms with E-state index in [1.54, 1.807) is 18.2 Å². The Morgan fingerprint density at radius 2 is 1.97 bits per heavy atom. The van der Waals surface area contributed by atoms with Crippen LogP contribution in [0.15, 0.2) is 54.6 Å². The molecule has 0 unspecified atom stereocenters. The third kappa shape index (κ3) is 3.91. The zero-order chi connectivity index (χ0) is 20.9. The van der Waals surface area contributed by atoms with Crippen molar-refractivity contribution in [2.45, 2.75) is 13.3 Å². The van der Waals surface area contributed by atoms with Crippen LogP contribution in [-0.4, -0.2) is 36.0 Å². The Hall–Kier alpha value is -3.61. The van der Waals surface area contributed by atoms with E-state index in [1.165, 1.54) is 0 Å². The summed E-state index contributed by atoms with van der Waals surface area (Å²) in [5.74, 6) is 1.19. The number of fused-ring (bicyclic) bond motifs is 2. The second kappa shape index (κ2) is 8.82. The van der Waals surface area contributed by atoms with Crippen molar-refractivity contribution in [3.8, 4) is 11.5 Å². The highest BCUT2D eigenvalue weighted by Crippen LogP contribution is 2.31. The largest absolute Gasteiger partial charge is 0.493 e. The van der Waals surface area contributed by atoms with Crippen LogP contribution in [0.1, 0.15) is 23.7 Å². The molecule has 0 radical (unpaired) electrons. The van der Waals surface area contributed by atoms with E-state index in [-0.39, 0.29) is 12.5 Å². The van der Waals surface area contributed by atoms with Crippen molar-refractivity contribution in [1.82, 2.24) is 10.2 Å². The van der Waals surface area contributed by atoms with Crippen LogP contribution < -0.4 is 14.8 Å². The molecule has 0 atom stereocenters. The summed E-state index contributed by atoms with van der Waals surface area (Å²) in [5.41, 5.74) is 1.22. The lowest BCUT2D eigenvalue weighted by atomic mass is 10.0. The van der Waals surface area contributed by atoms with Crippen LogP contribution >= 0.6 is 0 Å². The first-order valence-electron chi connectivity index (χ1n) is 9.84. The standard InChI is InChI=1S/C23H22FN3O3/c1-2-29-20-11-8-15-6-3-4-7-17(15)21(20)23(28)25-22-18-14-16(30-13-5-12-24)9-10-19(18)26-27-22/h3-4,6-11,14H,2,5,12-13H2,1H3,(H2,25,26,27,28). The van der Waals surface area contributed by atoms with Gasteiger partial charge in [0, 0.05) is 11.8 Å². The van der Waals surface area contributed by atoms with Crippen LogP contribution in [0.5, 0.6) is 11.5 Å². The first-order valence-corrected chi connectivity index (χ1v) is 9.84. The van der Waals surface area contributed by atoms with Gasteiger partial charge < -0.3 is 14.8 Å². The average Bonchev–Trinajstić information content (AvgIpc) is 3.16. The normalized spacial score (nSPS) is 11.0. The number of hydrogen-bond acceptors (Lipinski definition) is 4. The van der Waals surface area contributed by atoms with E-state index in [9.17, 15) is 9.18 Å². The predicted octanol–water partition coefficient (Wildman–Crippen LogP) is 5.11. The number of H-pyrrole nitrogens is 1. The number of anilines is 1. The van der Waals surface area contributed by atoms with Gasteiger partial charge in [0.05, 0.1) is 31.0 Å². The Morgan fingerprint density at radius 3 is 2.80 bits per heavy atom. The number of aromatic nitrogens is 2. The number of alkyl halides is 1. The van der Waals surface area contributed by atoms with Gasteiger partial charge >= 0.3 is 0 Å². The van der Waals surface area contributed by atoms with Crippen molar-refractivity contribution >= 4 is 33.4 Å². The van der Waals surface area contributed by atoms with Crippen LogP contribution in [-0.2, 0) is 0 Å². The van der Waals surface area contributed by atoms with E-state index in [4.69, 9.17) is 9.47 Å². The van der Waals surface area contributed by atoms with E-state index in [1.807, 2.05) is 43.3 Å². The number of aromatic amines is 1. The monoisotopic (exact) mass is 407 g/mol. The third-order valence-electron chi connectivity index (χ3n) is 4.73. The molecule has 7 heteroatoms. The minimum atomic E-state index is -0.428. The summed E-state index contributed by atoms with van der Waals surface area (Å²) >= 11 is 0. The molecule has 0 saturated carbocycles. The highest BCUT2D eigenvalue weighted by molar-refractivity contribution is 6.16. The van der Waals surface area contributed by atoms with Gasteiger partial charge in [-0.05, 0) is 42.0 Å². The van der Waals surface area contributed by atoms with Gasteiger partial charge in [-0.3, -0.25) is 14.3 Å². The summed E-state index contributed by atoms with van der Waals surface area (Å²) in [6.45, 7) is 2.18. The quantitative estimate of drug-likeness (QED) is 0.398. The first kappa shape index (κ1) is 19.7. The number of halogens is 1. The molecular formula is C23H22FN3O3. The Bertz CT molecular complexity index is 1190. The fourth-order valence-electron chi connectivity index (χ4n) is 3.35. The number of carbonyl (C=O) groups is 1. The van der Waals surface area contributed by atoms with Crippen LogP contribution in [0, 0.1) is 0 Å². The summed E-state index contributed by atoms with van der Waals surface area (Å²) in [7, 11) is 0. The minimum absolute atomic E-state index is 0.287. The van der Waals surface area contributed by atoms with Gasteiger partial charge in [0.1, 0.15) is 11.5 Å². The van der Waals surface area contributed by atoms with E-state index < -0.39 is 6.67 Å². The second-order valence-electron chi connectivity index (χ2n) is 6.72. The highest BCUT2D eigenvalue weighted by atomic mass is 19.1. The van der Waals surface area contributed by atoms with Crippen molar-refractivity contribution in [3.63, 3.8) is 0 Å². The first-order chi connectivity index (χ1) is 14.7. The van der Waals surface area contributed by atoms with Gasteiger partial charge in [-0.2, -0.15) is 5.10 Å². The number of ether oxygens (including phenoxy) is 2. The molecule has 0 aliphatic carbocycles. The smallest absolute Gasteiger partial charge is 0.261 e. The van der Waals surface area contributed by atoms with Gasteiger partial charge in [-0.1, -0.05) is 30.3 Å². The molecular weight excluding hydrogens is 385 g/mol. The average molecular weight is 407 g/mol. The molecule has 1 heterocycles. The molecule has 154 valence electrons. The Balaban J connectivity index is 1.68. The molecule has 0 spiro atoms. The Kier molecular flexibility index (Phi) is 5.79. The summed E-state index contributed by atoms with van der Waals surface area (Å²) < 4.78 is 23.6. The minimum Gasteiger partial charge on any atom is -0.493 e. The Labute approximate surface area is 173 Å². The number of benzene rings is 3. The number of nitrogens with one attached hydrogen (secondary N) is 2. The lowest BCUT2D eigenvalue weighted by molar-refractivity contribution is 0.102. The Morgan fingerprint density at radius 1 is 1.10 bits per heavy atom. The van der Waals surface area contributed by atoms with Gasteiger partial charge in [0.25, 0.3) is 5.91 Å². The summed E-state index contributed by atoms with van der Waals surface area (Å²) in [5, 5.41) is 12.5. The third-order valence-corrected chi connectivity index (χ3v) is 4.73. The molecule has 0 bridgehead atoms. The van der Waals surface area contributed by atoms with Gasteiger partial charge in [-0.25, -0.2) is 0 Å². The van der Waals surface area contributed by atoms with Gasteiger partial charge in [0.15, 0.2) is 5.82 Å². The fraction of sp³-hybridized carbons (Fsp3) is 0.217. The number of amides is 1. The fourth-order valence-corrected chi connectivity index (χ4v) is 3.35.